The number of hydrogen-bond acceptors (Lipinski definition) is 2. The van der Waals surface area contributed by atoms with E-state index in [4.69, 9.17) is 11.6 Å². The molecule has 0 spiro atoms. The van der Waals surface area contributed by atoms with E-state index in [1.165, 1.54) is 0 Å². The van der Waals surface area contributed by atoms with Gasteiger partial charge in [0.15, 0.2) is 0 Å². The lowest BCUT2D eigenvalue weighted by molar-refractivity contribution is 0.624. The fourth-order valence-electron chi connectivity index (χ4n) is 1.86. The van der Waals surface area contributed by atoms with Crippen molar-refractivity contribution in [2.24, 2.45) is 0 Å². The molecular weight excluding hydrogens is 242 g/mol. The van der Waals surface area contributed by atoms with Gasteiger partial charge in [-0.15, -0.1) is 0 Å². The van der Waals surface area contributed by atoms with Crippen LogP contribution in [0.4, 0.5) is 5.69 Å². The Bertz CT molecular complexity index is 398. The van der Waals surface area contributed by atoms with Crippen molar-refractivity contribution in [2.75, 3.05) is 16.8 Å². The molecule has 1 fully saturated rings. The van der Waals surface area contributed by atoms with E-state index in [0.717, 1.165) is 40.6 Å². The SMILES string of the molecule is Cc1ccc(NC2CCS(=O)CC2)cc1Cl. The third-order valence-corrected chi connectivity index (χ3v) is 4.72. The molecule has 2 rings (SSSR count). The molecule has 4 heteroatoms. The summed E-state index contributed by atoms with van der Waals surface area (Å²) in [6.07, 6.45) is 1.97. The Morgan fingerprint density at radius 2 is 2.06 bits per heavy atom. The second-order valence-electron chi connectivity index (χ2n) is 4.23. The van der Waals surface area contributed by atoms with Crippen LogP contribution in [0, 0.1) is 6.92 Å². The van der Waals surface area contributed by atoms with Crippen LogP contribution in [0.15, 0.2) is 18.2 Å². The van der Waals surface area contributed by atoms with Gasteiger partial charge >= 0.3 is 0 Å². The molecule has 16 heavy (non-hydrogen) atoms. The van der Waals surface area contributed by atoms with Crippen LogP contribution in [0.1, 0.15) is 18.4 Å². The minimum Gasteiger partial charge on any atom is -0.382 e. The van der Waals surface area contributed by atoms with Gasteiger partial charge in [0, 0.05) is 39.1 Å². The summed E-state index contributed by atoms with van der Waals surface area (Å²) in [5.74, 6) is 1.63. The van der Waals surface area contributed by atoms with Crippen LogP contribution in [-0.4, -0.2) is 21.8 Å². The van der Waals surface area contributed by atoms with Crippen LogP contribution in [-0.2, 0) is 10.8 Å². The van der Waals surface area contributed by atoms with Crippen molar-refractivity contribution in [2.45, 2.75) is 25.8 Å². The Hall–Kier alpha value is -0.540. The second kappa shape index (κ2) is 5.19. The van der Waals surface area contributed by atoms with Gasteiger partial charge in [-0.25, -0.2) is 0 Å². The van der Waals surface area contributed by atoms with Gasteiger partial charge in [-0.2, -0.15) is 0 Å². The standard InChI is InChI=1S/C12H16ClNOS/c1-9-2-3-11(8-12(9)13)14-10-4-6-16(15)7-5-10/h2-3,8,10,14H,4-7H2,1H3. The third kappa shape index (κ3) is 2.98. The number of anilines is 1. The van der Waals surface area contributed by atoms with E-state index in [9.17, 15) is 4.21 Å². The molecule has 1 heterocycles. The van der Waals surface area contributed by atoms with Gasteiger partial charge in [0.05, 0.1) is 0 Å². The monoisotopic (exact) mass is 257 g/mol. The van der Waals surface area contributed by atoms with Gasteiger partial charge < -0.3 is 5.32 Å². The molecule has 1 aliphatic rings. The lowest BCUT2D eigenvalue weighted by atomic mass is 10.1. The lowest BCUT2D eigenvalue weighted by Crippen LogP contribution is -2.29. The maximum atomic E-state index is 11.2. The number of halogens is 1. The fraction of sp³-hybridized carbons (Fsp3) is 0.500. The molecule has 0 aliphatic carbocycles. The van der Waals surface area contributed by atoms with Crippen molar-refractivity contribution in [1.29, 1.82) is 0 Å². The molecule has 1 aliphatic heterocycles. The number of rotatable bonds is 2. The van der Waals surface area contributed by atoms with E-state index < -0.39 is 10.8 Å². The molecule has 0 unspecified atom stereocenters. The summed E-state index contributed by atoms with van der Waals surface area (Å²) >= 11 is 6.07. The van der Waals surface area contributed by atoms with Gasteiger partial charge in [0.25, 0.3) is 0 Å². The molecule has 0 amide bonds. The first-order valence-corrected chi connectivity index (χ1v) is 7.39. The quantitative estimate of drug-likeness (QED) is 0.883. The summed E-state index contributed by atoms with van der Waals surface area (Å²) in [5.41, 5.74) is 2.16. The van der Waals surface area contributed by atoms with Crippen molar-refractivity contribution in [1.82, 2.24) is 0 Å². The molecule has 1 aromatic carbocycles. The van der Waals surface area contributed by atoms with Crippen molar-refractivity contribution >= 4 is 28.1 Å². The molecule has 0 saturated carbocycles. The first kappa shape index (κ1) is 11.9. The summed E-state index contributed by atoms with van der Waals surface area (Å²) in [6, 6.07) is 6.47. The molecule has 88 valence electrons. The van der Waals surface area contributed by atoms with Gasteiger partial charge in [-0.1, -0.05) is 17.7 Å². The maximum absolute atomic E-state index is 11.2. The first-order chi connectivity index (χ1) is 7.65. The average molecular weight is 258 g/mol. The predicted molar refractivity (Wildman–Crippen MR) is 70.7 cm³/mol. The van der Waals surface area contributed by atoms with Crippen LogP contribution < -0.4 is 5.32 Å². The lowest BCUT2D eigenvalue weighted by Gasteiger charge is -2.23. The first-order valence-electron chi connectivity index (χ1n) is 5.53. The summed E-state index contributed by atoms with van der Waals surface area (Å²) in [7, 11) is -0.593. The zero-order valence-electron chi connectivity index (χ0n) is 9.33. The van der Waals surface area contributed by atoms with E-state index in [-0.39, 0.29) is 0 Å². The summed E-state index contributed by atoms with van der Waals surface area (Å²) in [6.45, 7) is 2.00. The minimum absolute atomic E-state index is 0.441. The van der Waals surface area contributed by atoms with Crippen molar-refractivity contribution in [3.8, 4) is 0 Å². The molecular formula is C12H16ClNOS. The highest BCUT2D eigenvalue weighted by Gasteiger charge is 2.17. The highest BCUT2D eigenvalue weighted by Crippen LogP contribution is 2.22. The van der Waals surface area contributed by atoms with Crippen LogP contribution in [0.2, 0.25) is 5.02 Å². The molecule has 0 atom stereocenters. The predicted octanol–water partition coefficient (Wildman–Crippen LogP) is 2.97. The third-order valence-electron chi connectivity index (χ3n) is 2.93. The van der Waals surface area contributed by atoms with Crippen molar-refractivity contribution in [3.63, 3.8) is 0 Å². The highest BCUT2D eigenvalue weighted by molar-refractivity contribution is 7.85. The molecule has 0 radical (unpaired) electrons. The van der Waals surface area contributed by atoms with Gasteiger partial charge in [-0.3, -0.25) is 4.21 Å². The Balaban J connectivity index is 1.98. The smallest absolute Gasteiger partial charge is 0.0455 e. The molecule has 0 bridgehead atoms. The Morgan fingerprint density at radius 3 is 2.69 bits per heavy atom. The maximum Gasteiger partial charge on any atom is 0.0455 e. The van der Waals surface area contributed by atoms with Crippen molar-refractivity contribution in [3.05, 3.63) is 28.8 Å². The number of benzene rings is 1. The van der Waals surface area contributed by atoms with Crippen LogP contribution in [0.5, 0.6) is 0 Å². The number of hydrogen-bond donors (Lipinski definition) is 1. The molecule has 0 aromatic heterocycles. The summed E-state index contributed by atoms with van der Waals surface area (Å²) < 4.78 is 11.2. The topological polar surface area (TPSA) is 29.1 Å². The molecule has 1 N–H and O–H groups in total. The van der Waals surface area contributed by atoms with Gasteiger partial charge in [0.2, 0.25) is 0 Å². The average Bonchev–Trinajstić information content (AvgIpc) is 2.27. The fourth-order valence-corrected chi connectivity index (χ4v) is 3.34. The van der Waals surface area contributed by atoms with Gasteiger partial charge in [0.1, 0.15) is 0 Å². The Kier molecular flexibility index (Phi) is 3.87. The van der Waals surface area contributed by atoms with E-state index in [1.54, 1.807) is 0 Å². The molecule has 1 saturated heterocycles. The number of aryl methyl sites for hydroxylation is 1. The summed E-state index contributed by atoms with van der Waals surface area (Å²) in [5, 5.41) is 4.25. The van der Waals surface area contributed by atoms with Gasteiger partial charge in [-0.05, 0) is 37.5 Å². The highest BCUT2D eigenvalue weighted by atomic mass is 35.5. The molecule has 1 aromatic rings. The normalized spacial score (nSPS) is 25.4. The van der Waals surface area contributed by atoms with E-state index in [1.807, 2.05) is 25.1 Å². The largest absolute Gasteiger partial charge is 0.382 e. The van der Waals surface area contributed by atoms with Crippen LogP contribution >= 0.6 is 11.6 Å². The zero-order chi connectivity index (χ0) is 11.5. The minimum atomic E-state index is -0.593. The zero-order valence-corrected chi connectivity index (χ0v) is 10.9. The van der Waals surface area contributed by atoms with Crippen LogP contribution in [0.3, 0.4) is 0 Å². The van der Waals surface area contributed by atoms with E-state index >= 15 is 0 Å². The molecule has 2 nitrogen and oxygen atoms in total. The number of nitrogens with one attached hydrogen (secondary N) is 1. The van der Waals surface area contributed by atoms with E-state index in [2.05, 4.69) is 5.32 Å². The van der Waals surface area contributed by atoms with E-state index in [0.29, 0.717) is 6.04 Å². The van der Waals surface area contributed by atoms with Crippen LogP contribution in [0.25, 0.3) is 0 Å². The second-order valence-corrected chi connectivity index (χ2v) is 6.33. The Labute approximate surface area is 104 Å². The summed E-state index contributed by atoms with van der Waals surface area (Å²) in [4.78, 5) is 0. The Morgan fingerprint density at radius 1 is 1.38 bits per heavy atom. The van der Waals surface area contributed by atoms with Crippen molar-refractivity contribution < 1.29 is 4.21 Å².